The number of aliphatic hydroxyl groups excluding tert-OH is 2. The number of hydrogen-bond donors (Lipinski definition) is 2. The Hall–Kier alpha value is -3.41. The van der Waals surface area contributed by atoms with Crippen LogP contribution in [-0.4, -0.2) is 83.7 Å². The first kappa shape index (κ1) is 75.7. The van der Waals surface area contributed by atoms with Gasteiger partial charge in [0.1, 0.15) is 4.75 Å². The van der Waals surface area contributed by atoms with Gasteiger partial charge in [-0.1, -0.05) is 256 Å². The summed E-state index contributed by atoms with van der Waals surface area (Å²) in [4.78, 5) is 57.9. The molecule has 0 aliphatic carbocycles. The van der Waals surface area contributed by atoms with E-state index in [1.165, 1.54) is 134 Å². The van der Waals surface area contributed by atoms with E-state index in [0.717, 1.165) is 68.9 Å². The van der Waals surface area contributed by atoms with Gasteiger partial charge in [0, 0.05) is 5.75 Å². The van der Waals surface area contributed by atoms with Gasteiger partial charge in [-0.25, -0.2) is 0 Å². The van der Waals surface area contributed by atoms with Crippen molar-refractivity contribution in [2.45, 2.75) is 309 Å². The third-order valence-electron chi connectivity index (χ3n) is 17.0. The second-order valence-electron chi connectivity index (χ2n) is 25.9. The lowest BCUT2D eigenvalue weighted by Gasteiger charge is -2.41. The van der Waals surface area contributed by atoms with Crippen molar-refractivity contribution in [1.82, 2.24) is 0 Å². The lowest BCUT2D eigenvalue weighted by atomic mass is 9.64. The van der Waals surface area contributed by atoms with Crippen molar-refractivity contribution in [2.24, 2.45) is 10.8 Å². The van der Waals surface area contributed by atoms with E-state index in [9.17, 15) is 19.8 Å². The number of aliphatic hydroxyl groups is 2. The molecule has 5 unspecified atom stereocenters. The van der Waals surface area contributed by atoms with Gasteiger partial charge in [0.25, 0.3) is 0 Å². The Bertz CT molecular complexity index is 1940. The number of thioether (sulfide) groups is 1. The molecule has 5 atom stereocenters. The van der Waals surface area contributed by atoms with Crippen LogP contribution in [0.1, 0.15) is 304 Å². The molecular formula is C72H122O10S. The maximum atomic E-state index is 15.3. The SMILES string of the molecule is CCCCCCCCCCCCCCCCCCOC(=O)C(C)(CC(CC(C)(CC(C)(C)c1ccccc1)C(=O)OCCCCCCCCCCCC)c1ccccc1)CC(C)(SCCC(=O)OCCCC)C(=O)OCCCCC(O)CO. The number of carbonyl (C=O) groups excluding carboxylic acids is 4. The molecule has 83 heavy (non-hydrogen) atoms. The van der Waals surface area contributed by atoms with E-state index in [0.29, 0.717) is 45.3 Å². The number of carbonyl (C=O) groups is 4. The van der Waals surface area contributed by atoms with Gasteiger partial charge in [0.15, 0.2) is 0 Å². The molecule has 0 aliphatic rings. The van der Waals surface area contributed by atoms with Crippen molar-refractivity contribution in [3.8, 4) is 0 Å². The molecular weight excluding hydrogens is 1060 g/mol. The van der Waals surface area contributed by atoms with Crippen LogP contribution in [0.2, 0.25) is 0 Å². The Balaban J connectivity index is 2.49. The Morgan fingerprint density at radius 2 is 0.831 bits per heavy atom. The number of esters is 4. The van der Waals surface area contributed by atoms with Crippen LogP contribution in [0.15, 0.2) is 60.7 Å². The second-order valence-corrected chi connectivity index (χ2v) is 27.5. The summed E-state index contributed by atoms with van der Waals surface area (Å²) in [6.07, 6.45) is 35.2. The van der Waals surface area contributed by atoms with E-state index < -0.39 is 39.0 Å². The fraction of sp³-hybridized carbons (Fsp3) is 0.778. The zero-order chi connectivity index (χ0) is 60.9. The molecule has 2 aromatic rings. The Kier molecular flexibility index (Phi) is 41.8. The summed E-state index contributed by atoms with van der Waals surface area (Å²) >= 11 is 1.30. The molecule has 11 heteroatoms. The maximum absolute atomic E-state index is 15.3. The Labute approximate surface area is 511 Å². The fourth-order valence-electron chi connectivity index (χ4n) is 12.0. The van der Waals surface area contributed by atoms with Crippen molar-refractivity contribution < 1.29 is 48.3 Å². The summed E-state index contributed by atoms with van der Waals surface area (Å²) in [6, 6.07) is 20.5. The molecule has 0 spiro atoms. The smallest absolute Gasteiger partial charge is 0.321 e. The average molecular weight is 1180 g/mol. The van der Waals surface area contributed by atoms with E-state index in [2.05, 4.69) is 52.0 Å². The molecule has 10 nitrogen and oxygen atoms in total. The molecule has 0 amide bonds. The van der Waals surface area contributed by atoms with Gasteiger partial charge in [0.05, 0.1) is 56.4 Å². The summed E-state index contributed by atoms with van der Waals surface area (Å²) in [5.74, 6) is -1.56. The van der Waals surface area contributed by atoms with Crippen molar-refractivity contribution in [2.75, 3.05) is 38.8 Å². The first-order valence-corrected chi connectivity index (χ1v) is 34.7. The van der Waals surface area contributed by atoms with Gasteiger partial charge < -0.3 is 29.2 Å². The van der Waals surface area contributed by atoms with E-state index in [1.807, 2.05) is 64.1 Å². The second kappa shape index (κ2) is 45.8. The molecule has 0 aromatic heterocycles. The van der Waals surface area contributed by atoms with E-state index >= 15 is 9.59 Å². The van der Waals surface area contributed by atoms with Gasteiger partial charge in [-0.3, -0.25) is 19.2 Å². The lowest BCUT2D eigenvalue weighted by Crippen LogP contribution is -2.45. The minimum atomic E-state index is -1.30. The minimum absolute atomic E-state index is 0.0497. The van der Waals surface area contributed by atoms with Crippen molar-refractivity contribution in [3.63, 3.8) is 0 Å². The molecule has 0 bridgehead atoms. The highest BCUT2D eigenvalue weighted by Gasteiger charge is 2.50. The molecule has 2 aromatic carbocycles. The molecule has 476 valence electrons. The van der Waals surface area contributed by atoms with Crippen LogP contribution in [0, 0.1) is 10.8 Å². The number of ether oxygens (including phenoxy) is 4. The molecule has 0 saturated carbocycles. The third kappa shape index (κ3) is 33.9. The largest absolute Gasteiger partial charge is 0.466 e. The highest BCUT2D eigenvalue weighted by atomic mass is 32.2. The summed E-state index contributed by atoms with van der Waals surface area (Å²) in [5.41, 5.74) is -0.575. The number of hydrogen-bond acceptors (Lipinski definition) is 11. The quantitative estimate of drug-likeness (QED) is 0.0371. The highest BCUT2D eigenvalue weighted by Crippen LogP contribution is 2.50. The number of benzene rings is 2. The van der Waals surface area contributed by atoms with E-state index in [1.54, 1.807) is 0 Å². The van der Waals surface area contributed by atoms with Crippen LogP contribution in [-0.2, 0) is 43.5 Å². The summed E-state index contributed by atoms with van der Waals surface area (Å²) in [7, 11) is 0. The normalized spacial score (nSPS) is 14.7. The van der Waals surface area contributed by atoms with Gasteiger partial charge in [-0.2, -0.15) is 0 Å². The fourth-order valence-corrected chi connectivity index (χ4v) is 13.4. The first-order valence-electron chi connectivity index (χ1n) is 33.7. The van der Waals surface area contributed by atoms with Crippen LogP contribution in [0.25, 0.3) is 0 Å². The van der Waals surface area contributed by atoms with E-state index in [4.69, 9.17) is 18.9 Å². The predicted molar refractivity (Wildman–Crippen MR) is 346 cm³/mol. The Morgan fingerprint density at radius 3 is 1.27 bits per heavy atom. The van der Waals surface area contributed by atoms with Crippen molar-refractivity contribution >= 4 is 35.6 Å². The minimum Gasteiger partial charge on any atom is -0.466 e. The Morgan fingerprint density at radius 1 is 0.458 bits per heavy atom. The van der Waals surface area contributed by atoms with Gasteiger partial charge in [0.2, 0.25) is 0 Å². The zero-order valence-electron chi connectivity index (χ0n) is 54.2. The molecule has 0 heterocycles. The van der Waals surface area contributed by atoms with Crippen LogP contribution >= 0.6 is 11.8 Å². The lowest BCUT2D eigenvalue weighted by molar-refractivity contribution is -0.159. The topological polar surface area (TPSA) is 146 Å². The molecule has 2 N–H and O–H groups in total. The van der Waals surface area contributed by atoms with Crippen LogP contribution in [0.5, 0.6) is 0 Å². The molecule has 0 aliphatic heterocycles. The average Bonchev–Trinajstić information content (AvgIpc) is 2.86. The standard InChI is InChI=1S/C72H122O10S/c1-9-12-15-17-19-21-23-24-25-26-27-28-30-32-34-43-53-81-67(77)71(7,60-72(8,83-55-50-65(75)79-51-14-11-3)68(78)82-54-44-41-49-64(74)58-73)57-62(61-45-37-35-38-46-61)56-70(6,59-69(4,5)63-47-39-36-40-48-63)66(76)80-52-42-33-31-29-22-20-18-16-13-10-2/h35-40,45-48,62,64,73-74H,9-34,41-44,49-60H2,1-8H3. The van der Waals surface area contributed by atoms with Crippen LogP contribution in [0.4, 0.5) is 0 Å². The first-order chi connectivity index (χ1) is 40.0. The number of unbranched alkanes of at least 4 members (excludes halogenated alkanes) is 26. The van der Waals surface area contributed by atoms with Gasteiger partial charge in [-0.05, 0) is 107 Å². The molecule has 2 rings (SSSR count). The van der Waals surface area contributed by atoms with Crippen molar-refractivity contribution in [3.05, 3.63) is 71.8 Å². The number of rotatable bonds is 54. The monoisotopic (exact) mass is 1180 g/mol. The molecule has 0 radical (unpaired) electrons. The highest BCUT2D eigenvalue weighted by molar-refractivity contribution is 8.01. The maximum Gasteiger partial charge on any atom is 0.321 e. The third-order valence-corrected chi connectivity index (χ3v) is 18.4. The molecule has 0 fully saturated rings. The van der Waals surface area contributed by atoms with Crippen LogP contribution in [0.3, 0.4) is 0 Å². The summed E-state index contributed by atoms with van der Waals surface area (Å²) < 4.78 is 23.0. The summed E-state index contributed by atoms with van der Waals surface area (Å²) in [5, 5.41) is 19.4. The predicted octanol–water partition coefficient (Wildman–Crippen LogP) is 18.9. The van der Waals surface area contributed by atoms with Gasteiger partial charge in [-0.15, -0.1) is 11.8 Å². The van der Waals surface area contributed by atoms with Gasteiger partial charge >= 0.3 is 23.9 Å². The van der Waals surface area contributed by atoms with Crippen molar-refractivity contribution in [1.29, 1.82) is 0 Å². The van der Waals surface area contributed by atoms with E-state index in [-0.39, 0.29) is 62.7 Å². The van der Waals surface area contributed by atoms with Crippen LogP contribution < -0.4 is 0 Å². The summed E-state index contributed by atoms with van der Waals surface area (Å²) in [6.45, 7) is 17.4. The zero-order valence-corrected chi connectivity index (χ0v) is 55.0. The molecule has 0 saturated heterocycles.